The first-order valence-electron chi connectivity index (χ1n) is 7.42. The van der Waals surface area contributed by atoms with E-state index >= 15 is 0 Å². The lowest BCUT2D eigenvalue weighted by Crippen LogP contribution is -2.51. The number of likely N-dealkylation sites (tertiary alicyclic amines) is 1. The van der Waals surface area contributed by atoms with Crippen LogP contribution in [0.1, 0.15) is 26.7 Å². The van der Waals surface area contributed by atoms with Gasteiger partial charge in [0.15, 0.2) is 0 Å². The van der Waals surface area contributed by atoms with E-state index in [1.807, 2.05) is 0 Å². The molecule has 0 amide bonds. The summed E-state index contributed by atoms with van der Waals surface area (Å²) in [6, 6.07) is 1.33. The van der Waals surface area contributed by atoms with Gasteiger partial charge in [-0.2, -0.15) is 0 Å². The molecule has 2 aliphatic rings. The van der Waals surface area contributed by atoms with Crippen LogP contribution in [0.2, 0.25) is 0 Å². The summed E-state index contributed by atoms with van der Waals surface area (Å²) in [7, 11) is 2.21. The summed E-state index contributed by atoms with van der Waals surface area (Å²) >= 11 is 0. The molecule has 0 saturated carbocycles. The second-order valence-corrected chi connectivity index (χ2v) is 6.07. The zero-order chi connectivity index (χ0) is 13.0. The fourth-order valence-corrected chi connectivity index (χ4v) is 2.85. The standard InChI is InChI=1S/C14H29N3O/c1-12(2)17-8-9-18-14(11-17)10-15-13-4-6-16(3)7-5-13/h12-15H,4-11H2,1-3H3. The molecule has 0 aromatic heterocycles. The van der Waals surface area contributed by atoms with E-state index in [-0.39, 0.29) is 0 Å². The summed E-state index contributed by atoms with van der Waals surface area (Å²) in [6.45, 7) is 11.1. The molecule has 2 aliphatic heterocycles. The lowest BCUT2D eigenvalue weighted by Gasteiger charge is -2.37. The number of morpholine rings is 1. The molecule has 1 N–H and O–H groups in total. The molecule has 0 radical (unpaired) electrons. The molecule has 0 aromatic rings. The molecule has 2 heterocycles. The van der Waals surface area contributed by atoms with Crippen molar-refractivity contribution >= 4 is 0 Å². The van der Waals surface area contributed by atoms with Gasteiger partial charge in [-0.15, -0.1) is 0 Å². The smallest absolute Gasteiger partial charge is 0.0826 e. The molecule has 0 bridgehead atoms. The van der Waals surface area contributed by atoms with E-state index in [0.717, 1.165) is 26.2 Å². The van der Waals surface area contributed by atoms with Crippen LogP contribution in [-0.4, -0.2) is 74.4 Å². The van der Waals surface area contributed by atoms with E-state index in [2.05, 4.69) is 36.0 Å². The van der Waals surface area contributed by atoms with Crippen LogP contribution in [0.5, 0.6) is 0 Å². The molecule has 1 atom stereocenters. The van der Waals surface area contributed by atoms with E-state index in [9.17, 15) is 0 Å². The van der Waals surface area contributed by atoms with Gasteiger partial charge < -0.3 is 15.0 Å². The van der Waals surface area contributed by atoms with Crippen molar-refractivity contribution in [3.05, 3.63) is 0 Å². The van der Waals surface area contributed by atoms with Crippen LogP contribution in [0.15, 0.2) is 0 Å². The number of nitrogens with one attached hydrogen (secondary N) is 1. The summed E-state index contributed by atoms with van der Waals surface area (Å²) < 4.78 is 5.86. The zero-order valence-corrected chi connectivity index (χ0v) is 12.2. The maximum atomic E-state index is 5.86. The Morgan fingerprint density at radius 3 is 2.61 bits per heavy atom. The highest BCUT2D eigenvalue weighted by atomic mass is 16.5. The highest BCUT2D eigenvalue weighted by Gasteiger charge is 2.23. The van der Waals surface area contributed by atoms with E-state index in [1.165, 1.54) is 25.9 Å². The number of rotatable bonds is 4. The van der Waals surface area contributed by atoms with Gasteiger partial charge in [0, 0.05) is 31.7 Å². The van der Waals surface area contributed by atoms with Crippen LogP contribution in [0.4, 0.5) is 0 Å². The van der Waals surface area contributed by atoms with Crippen LogP contribution in [0.3, 0.4) is 0 Å². The van der Waals surface area contributed by atoms with E-state index in [1.54, 1.807) is 0 Å². The van der Waals surface area contributed by atoms with Crippen molar-refractivity contribution in [3.8, 4) is 0 Å². The van der Waals surface area contributed by atoms with Gasteiger partial charge in [0.05, 0.1) is 12.7 Å². The largest absolute Gasteiger partial charge is 0.374 e. The van der Waals surface area contributed by atoms with E-state index < -0.39 is 0 Å². The average molecular weight is 255 g/mol. The Kier molecular flexibility index (Phi) is 5.42. The number of nitrogens with zero attached hydrogens (tertiary/aromatic N) is 2. The molecule has 2 fully saturated rings. The van der Waals surface area contributed by atoms with Gasteiger partial charge in [0.25, 0.3) is 0 Å². The van der Waals surface area contributed by atoms with Crippen molar-refractivity contribution in [1.82, 2.24) is 15.1 Å². The first kappa shape index (κ1) is 14.3. The molecule has 106 valence electrons. The van der Waals surface area contributed by atoms with Crippen molar-refractivity contribution in [2.24, 2.45) is 0 Å². The Balaban J connectivity index is 1.67. The molecule has 2 rings (SSSR count). The Hall–Kier alpha value is -0.160. The normalized spacial score (nSPS) is 29.0. The minimum absolute atomic E-state index is 0.376. The minimum atomic E-state index is 0.376. The number of hydrogen-bond acceptors (Lipinski definition) is 4. The van der Waals surface area contributed by atoms with Crippen molar-refractivity contribution in [2.45, 2.75) is 44.9 Å². The first-order chi connectivity index (χ1) is 8.65. The number of ether oxygens (including phenoxy) is 1. The molecule has 18 heavy (non-hydrogen) atoms. The summed E-state index contributed by atoms with van der Waals surface area (Å²) in [5.74, 6) is 0. The molecule has 4 nitrogen and oxygen atoms in total. The van der Waals surface area contributed by atoms with Crippen LogP contribution in [-0.2, 0) is 4.74 Å². The van der Waals surface area contributed by atoms with Gasteiger partial charge in [-0.3, -0.25) is 4.90 Å². The molecule has 4 heteroatoms. The quantitative estimate of drug-likeness (QED) is 0.803. The molecule has 1 unspecified atom stereocenters. The second-order valence-electron chi connectivity index (χ2n) is 6.07. The fraction of sp³-hybridized carbons (Fsp3) is 1.00. The zero-order valence-electron chi connectivity index (χ0n) is 12.2. The van der Waals surface area contributed by atoms with Gasteiger partial charge in [-0.1, -0.05) is 0 Å². The van der Waals surface area contributed by atoms with Gasteiger partial charge in [0.2, 0.25) is 0 Å². The summed E-state index contributed by atoms with van der Waals surface area (Å²) in [5.41, 5.74) is 0. The van der Waals surface area contributed by atoms with Gasteiger partial charge in [-0.25, -0.2) is 0 Å². The lowest BCUT2D eigenvalue weighted by atomic mass is 10.1. The van der Waals surface area contributed by atoms with Crippen LogP contribution in [0, 0.1) is 0 Å². The van der Waals surface area contributed by atoms with Gasteiger partial charge in [-0.05, 0) is 46.8 Å². The van der Waals surface area contributed by atoms with Crippen LogP contribution < -0.4 is 5.32 Å². The molecule has 2 saturated heterocycles. The SMILES string of the molecule is CC(C)N1CCOC(CNC2CCN(C)CC2)C1. The van der Waals surface area contributed by atoms with Crippen LogP contribution in [0.25, 0.3) is 0 Å². The molecule has 0 aromatic carbocycles. The molecule has 0 spiro atoms. The molecular weight excluding hydrogens is 226 g/mol. The minimum Gasteiger partial charge on any atom is -0.374 e. The van der Waals surface area contributed by atoms with E-state index in [4.69, 9.17) is 4.74 Å². The van der Waals surface area contributed by atoms with Crippen molar-refractivity contribution in [2.75, 3.05) is 46.4 Å². The van der Waals surface area contributed by atoms with Crippen molar-refractivity contribution in [1.29, 1.82) is 0 Å². The van der Waals surface area contributed by atoms with Crippen molar-refractivity contribution < 1.29 is 4.74 Å². The molecule has 0 aliphatic carbocycles. The summed E-state index contributed by atoms with van der Waals surface area (Å²) in [6.07, 6.45) is 2.93. The first-order valence-corrected chi connectivity index (χ1v) is 7.42. The van der Waals surface area contributed by atoms with Crippen LogP contribution >= 0.6 is 0 Å². The van der Waals surface area contributed by atoms with E-state index in [0.29, 0.717) is 18.2 Å². The predicted molar refractivity (Wildman–Crippen MR) is 75.0 cm³/mol. The van der Waals surface area contributed by atoms with Crippen molar-refractivity contribution in [3.63, 3.8) is 0 Å². The lowest BCUT2D eigenvalue weighted by molar-refractivity contribution is -0.0387. The highest BCUT2D eigenvalue weighted by Crippen LogP contribution is 2.11. The summed E-state index contributed by atoms with van der Waals surface area (Å²) in [4.78, 5) is 4.93. The second kappa shape index (κ2) is 6.85. The summed E-state index contributed by atoms with van der Waals surface area (Å²) in [5, 5.41) is 3.69. The third-order valence-corrected chi connectivity index (χ3v) is 4.25. The maximum absolute atomic E-state index is 5.86. The Labute approximate surface area is 112 Å². The highest BCUT2D eigenvalue weighted by molar-refractivity contribution is 4.80. The topological polar surface area (TPSA) is 27.7 Å². The number of piperidine rings is 1. The average Bonchev–Trinajstić information content (AvgIpc) is 2.38. The Morgan fingerprint density at radius 2 is 1.94 bits per heavy atom. The fourth-order valence-electron chi connectivity index (χ4n) is 2.85. The van der Waals surface area contributed by atoms with Gasteiger partial charge in [0.1, 0.15) is 0 Å². The third-order valence-electron chi connectivity index (χ3n) is 4.25. The Morgan fingerprint density at radius 1 is 1.22 bits per heavy atom. The molecular formula is C14H29N3O. The Bertz CT molecular complexity index is 239. The third kappa shape index (κ3) is 4.19. The van der Waals surface area contributed by atoms with Gasteiger partial charge >= 0.3 is 0 Å². The maximum Gasteiger partial charge on any atom is 0.0826 e. The predicted octanol–water partition coefficient (Wildman–Crippen LogP) is 0.779. The number of hydrogen-bond donors (Lipinski definition) is 1. The monoisotopic (exact) mass is 255 g/mol.